The number of ketones is 1. The smallest absolute Gasteiger partial charge is 0.303 e. The zero-order valence-electron chi connectivity index (χ0n) is 18.1. The van der Waals surface area contributed by atoms with Crippen molar-refractivity contribution in [3.63, 3.8) is 0 Å². The SMILES string of the molecule is COC1=CC2=CCC3C(CCC4(C)C3CC[C@]4(O)C(=O)COC(C)=O)C2(C)CC1. The van der Waals surface area contributed by atoms with Crippen molar-refractivity contribution in [2.45, 2.75) is 71.3 Å². The molecular formula is C24H34O5. The first-order valence-corrected chi connectivity index (χ1v) is 11.0. The van der Waals surface area contributed by atoms with Gasteiger partial charge in [0.25, 0.3) is 0 Å². The van der Waals surface area contributed by atoms with Gasteiger partial charge in [-0.05, 0) is 73.3 Å². The summed E-state index contributed by atoms with van der Waals surface area (Å²) in [5.74, 6) is 1.62. The molecule has 0 aromatic carbocycles. The Morgan fingerprint density at radius 2 is 1.90 bits per heavy atom. The Morgan fingerprint density at radius 3 is 2.59 bits per heavy atom. The molecule has 0 aromatic heterocycles. The highest BCUT2D eigenvalue weighted by atomic mass is 16.5. The molecule has 2 saturated carbocycles. The summed E-state index contributed by atoms with van der Waals surface area (Å²) in [4.78, 5) is 24.0. The number of methoxy groups -OCH3 is 1. The molecule has 0 aromatic rings. The molecule has 0 aliphatic heterocycles. The van der Waals surface area contributed by atoms with Gasteiger partial charge in [-0.1, -0.05) is 19.9 Å². The second-order valence-corrected chi connectivity index (χ2v) is 10.1. The molecule has 160 valence electrons. The molecule has 0 amide bonds. The zero-order valence-corrected chi connectivity index (χ0v) is 18.1. The topological polar surface area (TPSA) is 72.8 Å². The van der Waals surface area contributed by atoms with E-state index in [2.05, 4.69) is 26.0 Å². The molecule has 0 saturated heterocycles. The van der Waals surface area contributed by atoms with Crippen LogP contribution in [-0.2, 0) is 19.1 Å². The molecule has 0 radical (unpaired) electrons. The number of carbonyl (C=O) groups is 2. The lowest BCUT2D eigenvalue weighted by molar-refractivity contribution is -0.168. The van der Waals surface area contributed by atoms with Crippen molar-refractivity contribution < 1.29 is 24.2 Å². The molecule has 6 atom stereocenters. The Kier molecular flexibility index (Phi) is 4.96. The summed E-state index contributed by atoms with van der Waals surface area (Å²) >= 11 is 0. The lowest BCUT2D eigenvalue weighted by atomic mass is 9.47. The monoisotopic (exact) mass is 402 g/mol. The van der Waals surface area contributed by atoms with Crippen molar-refractivity contribution in [2.24, 2.45) is 28.6 Å². The average Bonchev–Trinajstić information content (AvgIpc) is 2.97. The Bertz CT molecular complexity index is 782. The molecule has 4 aliphatic rings. The van der Waals surface area contributed by atoms with Gasteiger partial charge in [0, 0.05) is 18.8 Å². The molecule has 0 bridgehead atoms. The van der Waals surface area contributed by atoms with Crippen LogP contribution in [0, 0.1) is 28.6 Å². The number of rotatable bonds is 4. The van der Waals surface area contributed by atoms with Gasteiger partial charge in [0.15, 0.2) is 6.61 Å². The Labute approximate surface area is 173 Å². The van der Waals surface area contributed by atoms with Crippen LogP contribution in [0.2, 0.25) is 0 Å². The van der Waals surface area contributed by atoms with E-state index in [1.54, 1.807) is 7.11 Å². The molecule has 5 nitrogen and oxygen atoms in total. The minimum absolute atomic E-state index is 0.148. The summed E-state index contributed by atoms with van der Waals surface area (Å²) in [7, 11) is 1.75. The van der Waals surface area contributed by atoms with Gasteiger partial charge in [0.2, 0.25) is 5.78 Å². The van der Waals surface area contributed by atoms with E-state index in [-0.39, 0.29) is 17.8 Å². The van der Waals surface area contributed by atoms with Crippen molar-refractivity contribution in [3.8, 4) is 0 Å². The summed E-state index contributed by atoms with van der Waals surface area (Å²) in [6.07, 6.45) is 10.9. The Balaban J connectivity index is 1.61. The first-order chi connectivity index (χ1) is 13.7. The number of fused-ring (bicyclic) bond motifs is 5. The number of hydrogen-bond acceptors (Lipinski definition) is 5. The Hall–Kier alpha value is -1.62. The van der Waals surface area contributed by atoms with E-state index in [4.69, 9.17) is 9.47 Å². The van der Waals surface area contributed by atoms with Crippen LogP contribution in [0.15, 0.2) is 23.5 Å². The van der Waals surface area contributed by atoms with Gasteiger partial charge < -0.3 is 14.6 Å². The van der Waals surface area contributed by atoms with Gasteiger partial charge in [-0.15, -0.1) is 0 Å². The standard InChI is InChI=1S/C24H34O5/c1-15(25)29-14-21(26)24(27)12-9-20-18-6-5-16-13-17(28-4)7-10-22(16,2)19(18)8-11-23(20,24)3/h5,13,18-20,27H,6-12,14H2,1-4H3/t18?,19?,20?,22?,23?,24-/m0/s1. The summed E-state index contributed by atoms with van der Waals surface area (Å²) in [6, 6.07) is 0. The molecule has 5 heteroatoms. The van der Waals surface area contributed by atoms with Crippen LogP contribution in [0.25, 0.3) is 0 Å². The van der Waals surface area contributed by atoms with Gasteiger partial charge in [-0.2, -0.15) is 0 Å². The summed E-state index contributed by atoms with van der Waals surface area (Å²) in [5, 5.41) is 11.5. The summed E-state index contributed by atoms with van der Waals surface area (Å²) in [5.41, 5.74) is -0.285. The first kappa shape index (κ1) is 20.6. The van der Waals surface area contributed by atoms with Crippen LogP contribution in [0.3, 0.4) is 0 Å². The van der Waals surface area contributed by atoms with Crippen molar-refractivity contribution >= 4 is 11.8 Å². The third-order valence-corrected chi connectivity index (χ3v) is 9.01. The van der Waals surface area contributed by atoms with E-state index in [0.29, 0.717) is 24.2 Å². The number of ether oxygens (including phenoxy) is 2. The highest BCUT2D eigenvalue weighted by Crippen LogP contribution is 2.67. The minimum Gasteiger partial charge on any atom is -0.501 e. The average molecular weight is 403 g/mol. The zero-order chi connectivity index (χ0) is 21.0. The van der Waals surface area contributed by atoms with Crippen LogP contribution in [0.5, 0.6) is 0 Å². The third kappa shape index (κ3) is 2.91. The van der Waals surface area contributed by atoms with Crippen molar-refractivity contribution in [1.82, 2.24) is 0 Å². The summed E-state index contributed by atoms with van der Waals surface area (Å²) < 4.78 is 10.5. The van der Waals surface area contributed by atoms with E-state index in [1.165, 1.54) is 12.5 Å². The lowest BCUT2D eigenvalue weighted by Gasteiger charge is -2.57. The van der Waals surface area contributed by atoms with Crippen LogP contribution < -0.4 is 0 Å². The number of aliphatic hydroxyl groups is 1. The van der Waals surface area contributed by atoms with Crippen LogP contribution in [0.4, 0.5) is 0 Å². The van der Waals surface area contributed by atoms with Gasteiger partial charge in [0.1, 0.15) is 5.60 Å². The summed E-state index contributed by atoms with van der Waals surface area (Å²) in [6.45, 7) is 5.46. The van der Waals surface area contributed by atoms with Gasteiger partial charge in [-0.25, -0.2) is 0 Å². The Morgan fingerprint density at radius 1 is 1.17 bits per heavy atom. The fraction of sp³-hybridized carbons (Fsp3) is 0.750. The molecular weight excluding hydrogens is 368 g/mol. The second kappa shape index (κ2) is 6.97. The van der Waals surface area contributed by atoms with Crippen molar-refractivity contribution in [1.29, 1.82) is 0 Å². The maximum Gasteiger partial charge on any atom is 0.303 e. The van der Waals surface area contributed by atoms with Gasteiger partial charge in [0.05, 0.1) is 12.9 Å². The third-order valence-electron chi connectivity index (χ3n) is 9.01. The van der Waals surface area contributed by atoms with E-state index in [0.717, 1.165) is 44.3 Å². The highest BCUT2D eigenvalue weighted by Gasteiger charge is 2.65. The van der Waals surface area contributed by atoms with E-state index < -0.39 is 17.0 Å². The highest BCUT2D eigenvalue weighted by molar-refractivity contribution is 5.90. The molecule has 0 heterocycles. The van der Waals surface area contributed by atoms with Crippen molar-refractivity contribution in [3.05, 3.63) is 23.5 Å². The maximum absolute atomic E-state index is 12.9. The van der Waals surface area contributed by atoms with Gasteiger partial charge in [-0.3, -0.25) is 9.59 Å². The van der Waals surface area contributed by atoms with E-state index in [1.807, 2.05) is 0 Å². The van der Waals surface area contributed by atoms with Gasteiger partial charge >= 0.3 is 5.97 Å². The number of allylic oxidation sites excluding steroid dienone is 4. The predicted molar refractivity (Wildman–Crippen MR) is 109 cm³/mol. The number of hydrogen-bond donors (Lipinski definition) is 1. The molecule has 2 fully saturated rings. The number of Topliss-reactive ketones (excluding diaryl/α,β-unsaturated/α-hetero) is 1. The maximum atomic E-state index is 12.9. The molecule has 1 N–H and O–H groups in total. The predicted octanol–water partition coefficient (Wildman–Crippen LogP) is 3.95. The molecule has 4 rings (SSSR count). The van der Waals surface area contributed by atoms with E-state index >= 15 is 0 Å². The van der Waals surface area contributed by atoms with Crippen LogP contribution in [-0.4, -0.2) is 36.2 Å². The fourth-order valence-electron chi connectivity index (χ4n) is 7.22. The molecule has 0 spiro atoms. The van der Waals surface area contributed by atoms with E-state index in [9.17, 15) is 14.7 Å². The van der Waals surface area contributed by atoms with Crippen LogP contribution in [0.1, 0.15) is 65.7 Å². The quantitative estimate of drug-likeness (QED) is 0.721. The largest absolute Gasteiger partial charge is 0.501 e. The molecule has 29 heavy (non-hydrogen) atoms. The lowest BCUT2D eigenvalue weighted by Crippen LogP contribution is -2.57. The second-order valence-electron chi connectivity index (χ2n) is 10.1. The number of esters is 1. The minimum atomic E-state index is -1.39. The molecule has 4 aliphatic carbocycles. The fourth-order valence-corrected chi connectivity index (χ4v) is 7.22. The number of carbonyl (C=O) groups excluding carboxylic acids is 2. The van der Waals surface area contributed by atoms with Crippen molar-refractivity contribution in [2.75, 3.05) is 13.7 Å². The van der Waals surface area contributed by atoms with Crippen LogP contribution >= 0.6 is 0 Å². The normalized spacial score (nSPS) is 43.3. The molecule has 5 unspecified atom stereocenters. The first-order valence-electron chi connectivity index (χ1n) is 11.0.